The van der Waals surface area contributed by atoms with E-state index < -0.39 is 0 Å². The molecule has 2 N–H and O–H groups in total. The smallest absolute Gasteiger partial charge is 0.254 e. The molecule has 0 fully saturated rings. The first kappa shape index (κ1) is 18.1. The maximum Gasteiger partial charge on any atom is 0.254 e. The predicted octanol–water partition coefficient (Wildman–Crippen LogP) is 2.76. The van der Waals surface area contributed by atoms with Crippen LogP contribution >= 0.6 is 0 Å². The summed E-state index contributed by atoms with van der Waals surface area (Å²) in [6, 6.07) is 13.1. The molecule has 0 aliphatic heterocycles. The highest BCUT2D eigenvalue weighted by molar-refractivity contribution is 5.93. The summed E-state index contributed by atoms with van der Waals surface area (Å²) in [5.41, 5.74) is 3.13. The van der Waals surface area contributed by atoms with Crippen molar-refractivity contribution in [2.45, 2.75) is 25.7 Å². The van der Waals surface area contributed by atoms with E-state index in [1.807, 2.05) is 30.3 Å². The number of pyridine rings is 1. The molecule has 28 heavy (non-hydrogen) atoms. The van der Waals surface area contributed by atoms with Crippen LogP contribution in [0.15, 0.2) is 59.7 Å². The minimum absolute atomic E-state index is 0.0506. The zero-order valence-electron chi connectivity index (χ0n) is 15.5. The maximum atomic E-state index is 12.6. The largest absolute Gasteiger partial charge is 0.352 e. The third-order valence-electron chi connectivity index (χ3n) is 5.23. The Bertz CT molecular complexity index is 1020. The van der Waals surface area contributed by atoms with Crippen LogP contribution in [0.25, 0.3) is 11.4 Å². The molecule has 3 aromatic rings. The molecule has 2 aromatic heterocycles. The van der Waals surface area contributed by atoms with Gasteiger partial charge in [-0.2, -0.15) is 0 Å². The Balaban J connectivity index is 1.44. The van der Waals surface area contributed by atoms with E-state index in [0.717, 1.165) is 36.1 Å². The lowest BCUT2D eigenvalue weighted by Crippen LogP contribution is -2.29. The summed E-state index contributed by atoms with van der Waals surface area (Å²) in [6.07, 6.45) is 6.41. The fraction of sp³-hybridized carbons (Fsp3) is 0.273. The van der Waals surface area contributed by atoms with Gasteiger partial charge in [-0.15, -0.1) is 0 Å². The highest BCUT2D eigenvalue weighted by Gasteiger charge is 2.21. The molecule has 4 rings (SSSR count). The summed E-state index contributed by atoms with van der Waals surface area (Å²) >= 11 is 0. The molecule has 1 aromatic carbocycles. The van der Waals surface area contributed by atoms with Crippen LogP contribution < -0.4 is 10.9 Å². The van der Waals surface area contributed by atoms with Crippen molar-refractivity contribution in [3.63, 3.8) is 0 Å². The van der Waals surface area contributed by atoms with E-state index in [2.05, 4.69) is 15.3 Å². The number of hydrogen-bond acceptors (Lipinski definition) is 4. The molecule has 6 nitrogen and oxygen atoms in total. The van der Waals surface area contributed by atoms with Gasteiger partial charge in [-0.1, -0.05) is 30.3 Å². The Labute approximate surface area is 163 Å². The van der Waals surface area contributed by atoms with E-state index in [1.165, 1.54) is 0 Å². The molecule has 1 aliphatic carbocycles. The number of rotatable bonds is 4. The second kappa shape index (κ2) is 8.17. The number of nitrogens with zero attached hydrogens (tertiary/aromatic N) is 2. The van der Waals surface area contributed by atoms with Crippen molar-refractivity contribution in [2.75, 3.05) is 6.54 Å². The number of aromatic nitrogens is 3. The lowest BCUT2D eigenvalue weighted by molar-refractivity contribution is 0.0945. The van der Waals surface area contributed by atoms with Crippen molar-refractivity contribution in [1.29, 1.82) is 0 Å². The Morgan fingerprint density at radius 1 is 1.07 bits per heavy atom. The van der Waals surface area contributed by atoms with E-state index in [0.29, 0.717) is 30.3 Å². The molecule has 0 saturated heterocycles. The summed E-state index contributed by atoms with van der Waals surface area (Å²) < 4.78 is 0. The fourth-order valence-corrected chi connectivity index (χ4v) is 3.62. The van der Waals surface area contributed by atoms with E-state index in [-0.39, 0.29) is 11.5 Å². The van der Waals surface area contributed by atoms with Gasteiger partial charge in [0.2, 0.25) is 0 Å². The van der Waals surface area contributed by atoms with E-state index >= 15 is 0 Å². The van der Waals surface area contributed by atoms with E-state index in [9.17, 15) is 9.59 Å². The Morgan fingerprint density at radius 3 is 2.61 bits per heavy atom. The summed E-state index contributed by atoms with van der Waals surface area (Å²) in [7, 11) is 0. The van der Waals surface area contributed by atoms with E-state index in [4.69, 9.17) is 4.98 Å². The summed E-state index contributed by atoms with van der Waals surface area (Å²) in [5.74, 6) is 0.847. The van der Waals surface area contributed by atoms with Crippen molar-refractivity contribution >= 4 is 5.91 Å². The second-order valence-corrected chi connectivity index (χ2v) is 7.10. The lowest BCUT2D eigenvalue weighted by atomic mass is 9.99. The zero-order valence-corrected chi connectivity index (χ0v) is 15.5. The highest BCUT2D eigenvalue weighted by Crippen LogP contribution is 2.23. The van der Waals surface area contributed by atoms with Gasteiger partial charge < -0.3 is 10.3 Å². The van der Waals surface area contributed by atoms with Crippen LogP contribution in [0.3, 0.4) is 0 Å². The molecule has 2 heterocycles. The van der Waals surface area contributed by atoms with Crippen LogP contribution in [0, 0.1) is 5.92 Å². The van der Waals surface area contributed by atoms with Gasteiger partial charge >= 0.3 is 0 Å². The first-order valence-electron chi connectivity index (χ1n) is 9.56. The van der Waals surface area contributed by atoms with Crippen LogP contribution in [-0.4, -0.2) is 27.4 Å². The molecule has 0 radical (unpaired) electrons. The average Bonchev–Trinajstić information content (AvgIpc) is 2.96. The normalized spacial score (nSPS) is 16.1. The molecule has 1 unspecified atom stereocenters. The van der Waals surface area contributed by atoms with Gasteiger partial charge in [0, 0.05) is 35.6 Å². The van der Waals surface area contributed by atoms with Gasteiger partial charge in [0.15, 0.2) is 0 Å². The van der Waals surface area contributed by atoms with Crippen LogP contribution in [-0.2, 0) is 12.8 Å². The van der Waals surface area contributed by atoms with Gasteiger partial charge in [0.05, 0.1) is 5.69 Å². The SMILES string of the molecule is O=C(NCC1CCc2nc(-c3ccccc3)[nH]c(=O)c2CC1)c1ccncc1. The van der Waals surface area contributed by atoms with E-state index in [1.54, 1.807) is 24.5 Å². The quantitative estimate of drug-likeness (QED) is 0.688. The number of benzene rings is 1. The Morgan fingerprint density at radius 2 is 1.82 bits per heavy atom. The standard InChI is InChI=1S/C22H22N4O2/c27-21(17-10-12-23-13-11-17)24-14-15-6-8-18-19(9-7-15)25-20(26-22(18)28)16-4-2-1-3-5-16/h1-5,10-13,15H,6-9,14H2,(H,24,27)(H,25,26,28). The number of amides is 1. The molecule has 142 valence electrons. The van der Waals surface area contributed by atoms with Crippen LogP contribution in [0.5, 0.6) is 0 Å². The van der Waals surface area contributed by atoms with Gasteiger partial charge in [0.25, 0.3) is 11.5 Å². The number of aryl methyl sites for hydroxylation is 1. The summed E-state index contributed by atoms with van der Waals surface area (Å²) in [4.78, 5) is 36.4. The number of carbonyl (C=O) groups is 1. The molecular formula is C22H22N4O2. The molecule has 0 saturated carbocycles. The third kappa shape index (κ3) is 4.01. The van der Waals surface area contributed by atoms with Gasteiger partial charge in [-0.05, 0) is 43.7 Å². The third-order valence-corrected chi connectivity index (χ3v) is 5.23. The zero-order chi connectivity index (χ0) is 19.3. The average molecular weight is 374 g/mol. The minimum atomic E-state index is -0.0912. The van der Waals surface area contributed by atoms with Crippen molar-refractivity contribution < 1.29 is 4.79 Å². The molecular weight excluding hydrogens is 352 g/mol. The van der Waals surface area contributed by atoms with Crippen molar-refractivity contribution in [2.24, 2.45) is 5.92 Å². The van der Waals surface area contributed by atoms with Crippen LogP contribution in [0.4, 0.5) is 0 Å². The Kier molecular flexibility index (Phi) is 5.28. The number of fused-ring (bicyclic) bond motifs is 1. The number of H-pyrrole nitrogens is 1. The molecule has 0 spiro atoms. The van der Waals surface area contributed by atoms with Crippen molar-refractivity contribution in [3.05, 3.63) is 82.0 Å². The van der Waals surface area contributed by atoms with Crippen LogP contribution in [0.2, 0.25) is 0 Å². The van der Waals surface area contributed by atoms with Crippen molar-refractivity contribution in [1.82, 2.24) is 20.3 Å². The summed E-state index contributed by atoms with van der Waals surface area (Å²) in [5, 5.41) is 3.00. The second-order valence-electron chi connectivity index (χ2n) is 7.10. The highest BCUT2D eigenvalue weighted by atomic mass is 16.1. The molecule has 6 heteroatoms. The molecule has 1 atom stereocenters. The first-order valence-corrected chi connectivity index (χ1v) is 9.56. The fourth-order valence-electron chi connectivity index (χ4n) is 3.62. The maximum absolute atomic E-state index is 12.6. The van der Waals surface area contributed by atoms with Gasteiger partial charge in [-0.3, -0.25) is 14.6 Å². The number of nitrogens with one attached hydrogen (secondary N) is 2. The van der Waals surface area contributed by atoms with Crippen molar-refractivity contribution in [3.8, 4) is 11.4 Å². The van der Waals surface area contributed by atoms with Crippen LogP contribution in [0.1, 0.15) is 34.5 Å². The van der Waals surface area contributed by atoms with Gasteiger partial charge in [-0.25, -0.2) is 4.98 Å². The number of aromatic amines is 1. The topological polar surface area (TPSA) is 87.7 Å². The number of hydrogen-bond donors (Lipinski definition) is 2. The Hall–Kier alpha value is -3.28. The molecule has 1 amide bonds. The van der Waals surface area contributed by atoms with Gasteiger partial charge in [0.1, 0.15) is 5.82 Å². The number of carbonyl (C=O) groups excluding carboxylic acids is 1. The monoisotopic (exact) mass is 374 g/mol. The molecule has 0 bridgehead atoms. The summed E-state index contributed by atoms with van der Waals surface area (Å²) in [6.45, 7) is 0.596. The predicted molar refractivity (Wildman–Crippen MR) is 107 cm³/mol. The molecule has 1 aliphatic rings. The first-order chi connectivity index (χ1) is 13.7. The minimum Gasteiger partial charge on any atom is -0.352 e. The lowest BCUT2D eigenvalue weighted by Gasteiger charge is -2.14.